The minimum atomic E-state index is -0.198. The normalized spacial score (nSPS) is 19.9. The molecule has 1 aliphatic rings. The Kier molecular flexibility index (Phi) is 3.39. The van der Waals surface area contributed by atoms with E-state index in [0.29, 0.717) is 11.5 Å². The molecule has 0 spiro atoms. The summed E-state index contributed by atoms with van der Waals surface area (Å²) in [5.74, 6) is 0.292. The summed E-state index contributed by atoms with van der Waals surface area (Å²) in [6.07, 6.45) is 2.37. The van der Waals surface area contributed by atoms with Gasteiger partial charge in [-0.2, -0.15) is 0 Å². The lowest BCUT2D eigenvalue weighted by Crippen LogP contribution is -2.28. The van der Waals surface area contributed by atoms with E-state index in [-0.39, 0.29) is 5.82 Å². The van der Waals surface area contributed by atoms with Gasteiger partial charge in [0.15, 0.2) is 0 Å². The van der Waals surface area contributed by atoms with Crippen LogP contribution in [0.25, 0.3) is 11.3 Å². The lowest BCUT2D eigenvalue weighted by atomic mass is 10.0. The second kappa shape index (κ2) is 5.16. The quantitative estimate of drug-likeness (QED) is 0.897. The Morgan fingerprint density at radius 2 is 2.22 bits per heavy atom. The molecule has 94 valence electrons. The number of piperidine rings is 1. The molecule has 2 nitrogen and oxygen atoms in total. The first-order valence-corrected chi connectivity index (χ1v) is 7.13. The van der Waals surface area contributed by atoms with Crippen molar-refractivity contribution >= 4 is 11.3 Å². The van der Waals surface area contributed by atoms with E-state index in [2.05, 4.69) is 10.3 Å². The highest BCUT2D eigenvalue weighted by Crippen LogP contribution is 2.30. The monoisotopic (exact) mass is 262 g/mol. The van der Waals surface area contributed by atoms with Gasteiger partial charge in [-0.1, -0.05) is 12.1 Å². The standard InChI is InChI=1S/C14H15FN2S/c15-12-6-2-1-5-11(12)13-9-18-14(17-13)10-4-3-7-16-8-10/h1-2,5-6,9-10,16H,3-4,7-8H2. The molecule has 1 N–H and O–H groups in total. The minimum Gasteiger partial charge on any atom is -0.316 e. The summed E-state index contributed by atoms with van der Waals surface area (Å²) in [6.45, 7) is 2.09. The molecule has 1 aliphatic heterocycles. The Morgan fingerprint density at radius 3 is 3.00 bits per heavy atom. The molecule has 0 saturated carbocycles. The van der Waals surface area contributed by atoms with Crippen molar-refractivity contribution in [3.05, 3.63) is 40.5 Å². The highest BCUT2D eigenvalue weighted by atomic mass is 32.1. The molecule has 1 fully saturated rings. The van der Waals surface area contributed by atoms with Gasteiger partial charge in [0.25, 0.3) is 0 Å². The van der Waals surface area contributed by atoms with Crippen LogP contribution in [0.1, 0.15) is 23.8 Å². The van der Waals surface area contributed by atoms with Crippen LogP contribution in [0.4, 0.5) is 4.39 Å². The van der Waals surface area contributed by atoms with Crippen LogP contribution in [0.2, 0.25) is 0 Å². The Labute approximate surface area is 110 Å². The van der Waals surface area contributed by atoms with Gasteiger partial charge in [0, 0.05) is 23.4 Å². The highest BCUT2D eigenvalue weighted by Gasteiger charge is 2.19. The molecular weight excluding hydrogens is 247 g/mol. The van der Waals surface area contributed by atoms with Gasteiger partial charge in [-0.3, -0.25) is 0 Å². The van der Waals surface area contributed by atoms with Crippen LogP contribution in [0.5, 0.6) is 0 Å². The van der Waals surface area contributed by atoms with Gasteiger partial charge < -0.3 is 5.32 Å². The van der Waals surface area contributed by atoms with Crippen LogP contribution >= 0.6 is 11.3 Å². The molecule has 2 heterocycles. The number of benzene rings is 1. The van der Waals surface area contributed by atoms with E-state index in [1.807, 2.05) is 11.4 Å². The predicted octanol–water partition coefficient (Wildman–Crippen LogP) is 3.42. The topological polar surface area (TPSA) is 24.9 Å². The summed E-state index contributed by atoms with van der Waals surface area (Å²) in [6, 6.07) is 6.82. The van der Waals surface area contributed by atoms with Crippen molar-refractivity contribution in [3.63, 3.8) is 0 Å². The van der Waals surface area contributed by atoms with E-state index in [9.17, 15) is 4.39 Å². The number of nitrogens with zero attached hydrogens (tertiary/aromatic N) is 1. The van der Waals surface area contributed by atoms with Gasteiger partial charge in [0.1, 0.15) is 5.82 Å². The summed E-state index contributed by atoms with van der Waals surface area (Å²) in [5, 5.41) is 6.47. The third-order valence-corrected chi connectivity index (χ3v) is 4.33. The summed E-state index contributed by atoms with van der Waals surface area (Å²) >= 11 is 1.64. The van der Waals surface area contributed by atoms with E-state index in [4.69, 9.17) is 0 Å². The summed E-state index contributed by atoms with van der Waals surface area (Å²) in [5.41, 5.74) is 1.36. The highest BCUT2D eigenvalue weighted by molar-refractivity contribution is 7.10. The first kappa shape index (κ1) is 11.8. The minimum absolute atomic E-state index is 0.198. The van der Waals surface area contributed by atoms with E-state index in [0.717, 1.165) is 23.8 Å². The third-order valence-electron chi connectivity index (χ3n) is 3.32. The molecule has 0 amide bonds. The fourth-order valence-electron chi connectivity index (χ4n) is 2.33. The van der Waals surface area contributed by atoms with E-state index in [1.165, 1.54) is 18.9 Å². The molecule has 1 aromatic carbocycles. The maximum absolute atomic E-state index is 13.7. The van der Waals surface area contributed by atoms with Gasteiger partial charge in [0.2, 0.25) is 0 Å². The van der Waals surface area contributed by atoms with E-state index >= 15 is 0 Å². The van der Waals surface area contributed by atoms with Crippen molar-refractivity contribution in [1.82, 2.24) is 10.3 Å². The first-order chi connectivity index (χ1) is 8.84. The number of aromatic nitrogens is 1. The first-order valence-electron chi connectivity index (χ1n) is 6.25. The predicted molar refractivity (Wildman–Crippen MR) is 72.4 cm³/mol. The maximum atomic E-state index is 13.7. The number of halogens is 1. The molecule has 0 bridgehead atoms. The van der Waals surface area contributed by atoms with Crippen molar-refractivity contribution in [3.8, 4) is 11.3 Å². The lowest BCUT2D eigenvalue weighted by Gasteiger charge is -2.20. The molecule has 1 unspecified atom stereocenters. The van der Waals surface area contributed by atoms with Crippen molar-refractivity contribution in [1.29, 1.82) is 0 Å². The van der Waals surface area contributed by atoms with Crippen LogP contribution in [-0.4, -0.2) is 18.1 Å². The van der Waals surface area contributed by atoms with E-state index < -0.39 is 0 Å². The smallest absolute Gasteiger partial charge is 0.132 e. The maximum Gasteiger partial charge on any atom is 0.132 e. The van der Waals surface area contributed by atoms with Gasteiger partial charge in [-0.15, -0.1) is 11.3 Å². The number of nitrogens with one attached hydrogen (secondary N) is 1. The Balaban J connectivity index is 1.87. The van der Waals surface area contributed by atoms with E-state index in [1.54, 1.807) is 23.5 Å². The average molecular weight is 262 g/mol. The van der Waals surface area contributed by atoms with Crippen molar-refractivity contribution in [2.24, 2.45) is 0 Å². The zero-order chi connectivity index (χ0) is 12.4. The second-order valence-corrected chi connectivity index (χ2v) is 5.48. The molecule has 0 radical (unpaired) electrons. The molecule has 4 heteroatoms. The molecule has 0 aliphatic carbocycles. The lowest BCUT2D eigenvalue weighted by molar-refractivity contribution is 0.460. The van der Waals surface area contributed by atoms with Crippen LogP contribution in [0.15, 0.2) is 29.6 Å². The fourth-order valence-corrected chi connectivity index (χ4v) is 3.29. The Hall–Kier alpha value is -1.26. The van der Waals surface area contributed by atoms with Crippen molar-refractivity contribution in [2.45, 2.75) is 18.8 Å². The van der Waals surface area contributed by atoms with Crippen LogP contribution in [0.3, 0.4) is 0 Å². The number of thiazole rings is 1. The summed E-state index contributed by atoms with van der Waals surface area (Å²) in [4.78, 5) is 4.60. The number of hydrogen-bond acceptors (Lipinski definition) is 3. The zero-order valence-corrected chi connectivity index (χ0v) is 10.8. The summed E-state index contributed by atoms with van der Waals surface area (Å²) in [7, 11) is 0. The molecule has 3 rings (SSSR count). The molecular formula is C14H15FN2S. The molecule has 2 aromatic rings. The van der Waals surface area contributed by atoms with Crippen molar-refractivity contribution in [2.75, 3.05) is 13.1 Å². The second-order valence-electron chi connectivity index (χ2n) is 4.59. The van der Waals surface area contributed by atoms with Gasteiger partial charge in [0.05, 0.1) is 10.7 Å². The zero-order valence-electron chi connectivity index (χ0n) is 10.0. The number of rotatable bonds is 2. The SMILES string of the molecule is Fc1ccccc1-c1csc(C2CCCNC2)n1. The number of hydrogen-bond donors (Lipinski definition) is 1. The molecule has 1 atom stereocenters. The van der Waals surface area contributed by atoms with Crippen LogP contribution < -0.4 is 5.32 Å². The molecule has 1 aromatic heterocycles. The third kappa shape index (κ3) is 2.31. The van der Waals surface area contributed by atoms with Crippen LogP contribution in [-0.2, 0) is 0 Å². The average Bonchev–Trinajstić information content (AvgIpc) is 2.90. The largest absolute Gasteiger partial charge is 0.316 e. The van der Waals surface area contributed by atoms with Gasteiger partial charge >= 0.3 is 0 Å². The fraction of sp³-hybridized carbons (Fsp3) is 0.357. The molecule has 18 heavy (non-hydrogen) atoms. The summed E-state index contributed by atoms with van der Waals surface area (Å²) < 4.78 is 13.7. The van der Waals surface area contributed by atoms with Gasteiger partial charge in [-0.05, 0) is 31.5 Å². The Morgan fingerprint density at radius 1 is 1.33 bits per heavy atom. The van der Waals surface area contributed by atoms with Crippen molar-refractivity contribution < 1.29 is 4.39 Å². The van der Waals surface area contributed by atoms with Gasteiger partial charge in [-0.25, -0.2) is 9.37 Å². The Bertz CT molecular complexity index is 532. The molecule has 1 saturated heterocycles. The van der Waals surface area contributed by atoms with Crippen LogP contribution in [0, 0.1) is 5.82 Å².